The fourth-order valence-corrected chi connectivity index (χ4v) is 3.97. The number of fused-ring (bicyclic) bond motifs is 1. The number of imidazole rings is 1. The van der Waals surface area contributed by atoms with Gasteiger partial charge in [0.2, 0.25) is 5.95 Å². The molecule has 2 aromatic rings. The zero-order valence-corrected chi connectivity index (χ0v) is 13.4. The second kappa shape index (κ2) is 5.90. The van der Waals surface area contributed by atoms with Crippen molar-refractivity contribution in [3.63, 3.8) is 0 Å². The lowest BCUT2D eigenvalue weighted by molar-refractivity contribution is 0.138. The Balaban J connectivity index is 2.04. The first-order valence-corrected chi connectivity index (χ1v) is 8.15. The van der Waals surface area contributed by atoms with E-state index in [1.165, 1.54) is 11.8 Å². The van der Waals surface area contributed by atoms with E-state index in [1.807, 2.05) is 23.4 Å². The second-order valence-corrected chi connectivity index (χ2v) is 6.78. The van der Waals surface area contributed by atoms with Crippen molar-refractivity contribution in [3.8, 4) is 0 Å². The molecule has 9 heteroatoms. The van der Waals surface area contributed by atoms with Crippen molar-refractivity contribution in [2.24, 2.45) is 0 Å². The van der Waals surface area contributed by atoms with Crippen LogP contribution < -0.4 is 10.6 Å². The van der Waals surface area contributed by atoms with E-state index in [0.29, 0.717) is 23.4 Å². The molecule has 1 fully saturated rings. The standard InChI is InChI=1S/C13H20N6O2S/c1-3-18(2)11-10-12(17-13(14)16-11)19(6-15-10)9-4-7(21)8(5-20)22-9/h6-9,20-21H,3-5H2,1-2H3,(H2,14,16,17)/t7-,8+,9-/m0/s1. The fourth-order valence-electron chi connectivity index (χ4n) is 2.59. The number of aliphatic hydroxyl groups excluding tert-OH is 2. The molecule has 0 saturated carbocycles. The second-order valence-electron chi connectivity index (χ2n) is 5.36. The van der Waals surface area contributed by atoms with E-state index in [1.54, 1.807) is 6.33 Å². The van der Waals surface area contributed by atoms with Crippen molar-refractivity contribution in [2.45, 2.75) is 30.1 Å². The third-order valence-corrected chi connectivity index (χ3v) is 5.50. The first kappa shape index (κ1) is 15.3. The summed E-state index contributed by atoms with van der Waals surface area (Å²) in [5.74, 6) is 0.901. The number of hydrogen-bond acceptors (Lipinski definition) is 8. The van der Waals surface area contributed by atoms with Gasteiger partial charge in [0.1, 0.15) is 0 Å². The van der Waals surface area contributed by atoms with E-state index in [2.05, 4.69) is 15.0 Å². The van der Waals surface area contributed by atoms with Crippen LogP contribution in [0.3, 0.4) is 0 Å². The summed E-state index contributed by atoms with van der Waals surface area (Å²) in [6.07, 6.45) is 1.72. The van der Waals surface area contributed by atoms with E-state index >= 15 is 0 Å². The van der Waals surface area contributed by atoms with Crippen LogP contribution >= 0.6 is 11.8 Å². The van der Waals surface area contributed by atoms with Crippen molar-refractivity contribution in [1.82, 2.24) is 19.5 Å². The van der Waals surface area contributed by atoms with Gasteiger partial charge in [-0.15, -0.1) is 11.8 Å². The van der Waals surface area contributed by atoms with Gasteiger partial charge in [-0.25, -0.2) is 4.98 Å². The maximum absolute atomic E-state index is 9.99. The molecular weight excluding hydrogens is 304 g/mol. The zero-order chi connectivity index (χ0) is 15.9. The molecule has 0 aliphatic carbocycles. The van der Waals surface area contributed by atoms with Crippen LogP contribution in [0.15, 0.2) is 6.33 Å². The third kappa shape index (κ3) is 2.49. The number of aromatic nitrogens is 4. The zero-order valence-electron chi connectivity index (χ0n) is 12.5. The Morgan fingerprint density at radius 2 is 2.27 bits per heavy atom. The van der Waals surface area contributed by atoms with Crippen LogP contribution in [0.1, 0.15) is 18.7 Å². The minimum atomic E-state index is -0.533. The molecule has 2 aromatic heterocycles. The van der Waals surface area contributed by atoms with Crippen molar-refractivity contribution in [3.05, 3.63) is 6.33 Å². The molecule has 3 atom stereocenters. The van der Waals surface area contributed by atoms with E-state index in [4.69, 9.17) is 5.73 Å². The molecule has 1 aliphatic heterocycles. The van der Waals surface area contributed by atoms with E-state index in [9.17, 15) is 10.2 Å². The van der Waals surface area contributed by atoms with Crippen molar-refractivity contribution in [1.29, 1.82) is 0 Å². The Bertz CT molecular complexity index is 678. The van der Waals surface area contributed by atoms with Gasteiger partial charge in [0.15, 0.2) is 17.0 Å². The molecule has 3 rings (SSSR count). The predicted octanol–water partition coefficient (Wildman–Crippen LogP) is 0.222. The van der Waals surface area contributed by atoms with Crippen molar-refractivity contribution < 1.29 is 10.2 Å². The Morgan fingerprint density at radius 3 is 2.91 bits per heavy atom. The smallest absolute Gasteiger partial charge is 0.224 e. The summed E-state index contributed by atoms with van der Waals surface area (Å²) in [5, 5.41) is 19.1. The largest absolute Gasteiger partial charge is 0.395 e. The monoisotopic (exact) mass is 324 g/mol. The predicted molar refractivity (Wildman–Crippen MR) is 86.8 cm³/mol. The van der Waals surface area contributed by atoms with Gasteiger partial charge in [-0.1, -0.05) is 0 Å². The van der Waals surface area contributed by atoms with Crippen LogP contribution in [0.4, 0.5) is 11.8 Å². The minimum absolute atomic E-state index is 0.0220. The number of anilines is 2. The van der Waals surface area contributed by atoms with E-state index < -0.39 is 6.10 Å². The van der Waals surface area contributed by atoms with Crippen LogP contribution in [0.5, 0.6) is 0 Å². The summed E-state index contributed by atoms with van der Waals surface area (Å²) in [6.45, 7) is 2.76. The van der Waals surface area contributed by atoms with Crippen LogP contribution in [-0.4, -0.2) is 61.3 Å². The summed E-state index contributed by atoms with van der Waals surface area (Å²) in [4.78, 5) is 15.0. The van der Waals surface area contributed by atoms with Gasteiger partial charge >= 0.3 is 0 Å². The molecule has 0 unspecified atom stereocenters. The van der Waals surface area contributed by atoms with Gasteiger partial charge in [0.25, 0.3) is 0 Å². The van der Waals surface area contributed by atoms with Gasteiger partial charge in [-0.3, -0.25) is 0 Å². The lowest BCUT2D eigenvalue weighted by Crippen LogP contribution is -2.20. The summed E-state index contributed by atoms with van der Waals surface area (Å²) < 4.78 is 1.91. The molecule has 8 nitrogen and oxygen atoms in total. The van der Waals surface area contributed by atoms with Gasteiger partial charge in [0, 0.05) is 20.0 Å². The molecule has 0 amide bonds. The molecule has 0 aromatic carbocycles. The van der Waals surface area contributed by atoms with Crippen LogP contribution in [0.25, 0.3) is 11.2 Å². The molecule has 0 radical (unpaired) electrons. The number of rotatable bonds is 4. The fraction of sp³-hybridized carbons (Fsp3) is 0.615. The minimum Gasteiger partial charge on any atom is -0.395 e. The maximum Gasteiger partial charge on any atom is 0.224 e. The summed E-state index contributed by atoms with van der Waals surface area (Å²) in [5.41, 5.74) is 7.19. The number of nitrogens with zero attached hydrogens (tertiary/aromatic N) is 5. The summed E-state index contributed by atoms with van der Waals surface area (Å²) in [7, 11) is 1.93. The Morgan fingerprint density at radius 1 is 1.50 bits per heavy atom. The molecule has 1 saturated heterocycles. The van der Waals surface area contributed by atoms with Crippen LogP contribution in [0.2, 0.25) is 0 Å². The van der Waals surface area contributed by atoms with E-state index in [-0.39, 0.29) is 23.2 Å². The highest BCUT2D eigenvalue weighted by molar-refractivity contribution is 8.00. The number of hydrogen-bond donors (Lipinski definition) is 3. The molecule has 0 bridgehead atoms. The SMILES string of the molecule is CCN(C)c1nc(N)nc2c1ncn2[C@@H]1C[C@H](O)[C@@H](CO)S1. The number of thioether (sulfide) groups is 1. The lowest BCUT2D eigenvalue weighted by Gasteiger charge is -2.17. The van der Waals surface area contributed by atoms with Crippen molar-refractivity contribution >= 4 is 34.7 Å². The highest BCUT2D eigenvalue weighted by Gasteiger charge is 2.35. The quantitative estimate of drug-likeness (QED) is 0.732. The van der Waals surface area contributed by atoms with Crippen molar-refractivity contribution in [2.75, 3.05) is 30.8 Å². The van der Waals surface area contributed by atoms with Gasteiger partial charge in [-0.05, 0) is 6.92 Å². The first-order valence-electron chi connectivity index (χ1n) is 7.20. The van der Waals surface area contributed by atoms with Gasteiger partial charge in [-0.2, -0.15) is 9.97 Å². The molecule has 3 heterocycles. The number of aliphatic hydroxyl groups is 2. The normalized spacial score (nSPS) is 25.0. The summed E-state index contributed by atoms with van der Waals surface area (Å²) in [6, 6.07) is 0. The average Bonchev–Trinajstić information content (AvgIpc) is 3.08. The van der Waals surface area contributed by atoms with Crippen LogP contribution in [0, 0.1) is 0 Å². The summed E-state index contributed by atoms with van der Waals surface area (Å²) >= 11 is 1.53. The lowest BCUT2D eigenvalue weighted by atomic mass is 10.2. The van der Waals surface area contributed by atoms with Gasteiger partial charge in [0.05, 0.1) is 29.7 Å². The molecule has 22 heavy (non-hydrogen) atoms. The topological polar surface area (TPSA) is 113 Å². The third-order valence-electron chi connectivity index (χ3n) is 3.95. The van der Waals surface area contributed by atoms with E-state index in [0.717, 1.165) is 6.54 Å². The number of nitrogen functional groups attached to an aromatic ring is 1. The first-order chi connectivity index (χ1) is 10.5. The van der Waals surface area contributed by atoms with Crippen LogP contribution in [-0.2, 0) is 0 Å². The molecule has 4 N–H and O–H groups in total. The maximum atomic E-state index is 9.99. The molecular formula is C13H20N6O2S. The Kier molecular flexibility index (Phi) is 4.11. The highest BCUT2D eigenvalue weighted by Crippen LogP contribution is 2.42. The van der Waals surface area contributed by atoms with Gasteiger partial charge < -0.3 is 25.4 Å². The number of nitrogens with two attached hydrogens (primary N) is 1. The Labute approximate surface area is 132 Å². The molecule has 0 spiro atoms. The highest BCUT2D eigenvalue weighted by atomic mass is 32.2. The Hall–Kier alpha value is -1.58. The average molecular weight is 324 g/mol. The molecule has 120 valence electrons. The molecule has 1 aliphatic rings.